The van der Waals surface area contributed by atoms with Crippen molar-refractivity contribution in [3.05, 3.63) is 23.0 Å². The summed E-state index contributed by atoms with van der Waals surface area (Å²) in [7, 11) is 0. The summed E-state index contributed by atoms with van der Waals surface area (Å²) in [5.41, 5.74) is 3.28. The molecule has 0 aromatic carbocycles. The average Bonchev–Trinajstić information content (AvgIpc) is 2.46. The van der Waals surface area contributed by atoms with Crippen molar-refractivity contribution < 1.29 is 4.84 Å². The zero-order chi connectivity index (χ0) is 12.5. The van der Waals surface area contributed by atoms with Crippen molar-refractivity contribution in [2.75, 3.05) is 0 Å². The first-order valence-electron chi connectivity index (χ1n) is 5.84. The molecule has 0 bridgehead atoms. The molecule has 0 saturated heterocycles. The molecule has 1 rings (SSSR count). The van der Waals surface area contributed by atoms with Gasteiger partial charge in [-0.15, -0.1) is 0 Å². The molecular formula is C13H24N2O. The maximum absolute atomic E-state index is 5.36. The van der Waals surface area contributed by atoms with Crippen molar-refractivity contribution in [3.63, 3.8) is 0 Å². The van der Waals surface area contributed by atoms with Crippen molar-refractivity contribution in [3.8, 4) is 0 Å². The number of hydrogen-bond acceptors (Lipinski definition) is 2. The predicted octanol–water partition coefficient (Wildman–Crippen LogP) is 2.89. The third-order valence-corrected chi connectivity index (χ3v) is 3.06. The largest absolute Gasteiger partial charge is 0.349 e. The van der Waals surface area contributed by atoms with Gasteiger partial charge < -0.3 is 4.57 Å². The SMILES string of the molecule is Cc1cc(C(C)(C)ON)c(C)n1CC(C)C. The van der Waals surface area contributed by atoms with Gasteiger partial charge >= 0.3 is 0 Å². The maximum Gasteiger partial charge on any atom is 0.110 e. The zero-order valence-corrected chi connectivity index (χ0v) is 11.3. The summed E-state index contributed by atoms with van der Waals surface area (Å²) >= 11 is 0. The van der Waals surface area contributed by atoms with Gasteiger partial charge in [-0.3, -0.25) is 4.84 Å². The fraction of sp³-hybridized carbons (Fsp3) is 0.692. The molecule has 3 heteroatoms. The van der Waals surface area contributed by atoms with Gasteiger partial charge in [0.2, 0.25) is 0 Å². The van der Waals surface area contributed by atoms with Gasteiger partial charge in [0.05, 0.1) is 0 Å². The summed E-state index contributed by atoms with van der Waals surface area (Å²) in [6.07, 6.45) is 0. The van der Waals surface area contributed by atoms with Gasteiger partial charge in [-0.1, -0.05) is 13.8 Å². The quantitative estimate of drug-likeness (QED) is 0.799. The second-order valence-electron chi connectivity index (χ2n) is 5.42. The molecule has 0 spiro atoms. The minimum Gasteiger partial charge on any atom is -0.349 e. The standard InChI is InChI=1S/C13H24N2O/c1-9(2)8-15-10(3)7-12(11(15)4)13(5,6)16-14/h7,9H,8,14H2,1-6H3. The Morgan fingerprint density at radius 1 is 1.38 bits per heavy atom. The van der Waals surface area contributed by atoms with Gasteiger partial charge in [-0.25, -0.2) is 5.90 Å². The molecule has 3 nitrogen and oxygen atoms in total. The molecule has 1 aromatic rings. The lowest BCUT2D eigenvalue weighted by molar-refractivity contribution is -0.0241. The molecule has 1 aromatic heterocycles. The van der Waals surface area contributed by atoms with Crippen LogP contribution < -0.4 is 5.90 Å². The van der Waals surface area contributed by atoms with Crippen LogP contribution in [0.3, 0.4) is 0 Å². The van der Waals surface area contributed by atoms with Gasteiger partial charge in [0, 0.05) is 23.5 Å². The molecule has 0 unspecified atom stereocenters. The van der Waals surface area contributed by atoms with Crippen molar-refractivity contribution in [2.45, 2.75) is 53.7 Å². The Morgan fingerprint density at radius 3 is 2.38 bits per heavy atom. The van der Waals surface area contributed by atoms with Gasteiger partial charge in [0.1, 0.15) is 5.60 Å². The Morgan fingerprint density at radius 2 is 1.94 bits per heavy atom. The summed E-state index contributed by atoms with van der Waals surface area (Å²) in [5.74, 6) is 6.00. The first kappa shape index (κ1) is 13.3. The summed E-state index contributed by atoms with van der Waals surface area (Å²) in [6.45, 7) is 13.7. The van der Waals surface area contributed by atoms with Gasteiger partial charge in [0.25, 0.3) is 0 Å². The molecule has 16 heavy (non-hydrogen) atoms. The van der Waals surface area contributed by atoms with Crippen LogP contribution in [0.5, 0.6) is 0 Å². The molecule has 2 N–H and O–H groups in total. The zero-order valence-electron chi connectivity index (χ0n) is 11.3. The van der Waals surface area contributed by atoms with Crippen LogP contribution in [0.15, 0.2) is 6.07 Å². The molecule has 0 atom stereocenters. The number of aromatic nitrogens is 1. The first-order valence-corrected chi connectivity index (χ1v) is 5.84. The monoisotopic (exact) mass is 224 g/mol. The third-order valence-electron chi connectivity index (χ3n) is 3.06. The van der Waals surface area contributed by atoms with E-state index in [1.54, 1.807) is 0 Å². The van der Waals surface area contributed by atoms with Gasteiger partial charge in [0.15, 0.2) is 0 Å². The van der Waals surface area contributed by atoms with E-state index < -0.39 is 5.60 Å². The van der Waals surface area contributed by atoms with Crippen LogP contribution in [0.1, 0.15) is 44.6 Å². The van der Waals surface area contributed by atoms with Crippen LogP contribution in [0.2, 0.25) is 0 Å². The van der Waals surface area contributed by atoms with E-state index in [1.165, 1.54) is 17.0 Å². The Balaban J connectivity index is 3.16. The van der Waals surface area contributed by atoms with Crippen molar-refractivity contribution >= 4 is 0 Å². The summed E-state index contributed by atoms with van der Waals surface area (Å²) in [5, 5.41) is 0. The van der Waals surface area contributed by atoms with Crippen LogP contribution in [-0.4, -0.2) is 4.57 Å². The Bertz CT molecular complexity index is 364. The van der Waals surface area contributed by atoms with Gasteiger partial charge in [-0.2, -0.15) is 0 Å². The predicted molar refractivity (Wildman–Crippen MR) is 67.0 cm³/mol. The fourth-order valence-corrected chi connectivity index (χ4v) is 2.12. The molecule has 0 fully saturated rings. The van der Waals surface area contributed by atoms with Crippen molar-refractivity contribution in [1.82, 2.24) is 4.57 Å². The second-order valence-corrected chi connectivity index (χ2v) is 5.42. The van der Waals surface area contributed by atoms with Crippen LogP contribution in [0, 0.1) is 19.8 Å². The number of nitrogens with zero attached hydrogens (tertiary/aromatic N) is 1. The molecule has 0 aliphatic carbocycles. The lowest BCUT2D eigenvalue weighted by Gasteiger charge is -2.22. The second kappa shape index (κ2) is 4.60. The van der Waals surface area contributed by atoms with Crippen LogP contribution in [0.25, 0.3) is 0 Å². The number of nitrogens with two attached hydrogens (primary N) is 1. The van der Waals surface area contributed by atoms with E-state index in [4.69, 9.17) is 10.7 Å². The van der Waals surface area contributed by atoms with Gasteiger partial charge in [-0.05, 0) is 39.7 Å². The normalized spacial score (nSPS) is 12.5. The van der Waals surface area contributed by atoms with Crippen LogP contribution in [-0.2, 0) is 17.0 Å². The fourth-order valence-electron chi connectivity index (χ4n) is 2.12. The molecule has 1 heterocycles. The van der Waals surface area contributed by atoms with E-state index in [9.17, 15) is 0 Å². The highest BCUT2D eigenvalue weighted by atomic mass is 16.6. The first-order chi connectivity index (χ1) is 7.29. The highest BCUT2D eigenvalue weighted by Crippen LogP contribution is 2.29. The molecule has 0 saturated carbocycles. The lowest BCUT2D eigenvalue weighted by atomic mass is 9.98. The third kappa shape index (κ3) is 2.47. The molecule has 0 radical (unpaired) electrons. The molecular weight excluding hydrogens is 200 g/mol. The van der Waals surface area contributed by atoms with Crippen LogP contribution in [0.4, 0.5) is 0 Å². The summed E-state index contributed by atoms with van der Waals surface area (Å²) in [4.78, 5) is 5.06. The van der Waals surface area contributed by atoms with Crippen LogP contribution >= 0.6 is 0 Å². The topological polar surface area (TPSA) is 40.2 Å². The maximum atomic E-state index is 5.36. The molecule has 0 aliphatic heterocycles. The van der Waals surface area contributed by atoms with Crippen molar-refractivity contribution in [2.24, 2.45) is 11.8 Å². The smallest absolute Gasteiger partial charge is 0.110 e. The Kier molecular flexibility index (Phi) is 3.81. The highest BCUT2D eigenvalue weighted by Gasteiger charge is 2.26. The Labute approximate surface area is 98.5 Å². The Hall–Kier alpha value is -0.800. The minimum absolute atomic E-state index is 0.420. The molecule has 0 amide bonds. The average molecular weight is 224 g/mol. The molecule has 92 valence electrons. The molecule has 0 aliphatic rings. The van der Waals surface area contributed by atoms with E-state index in [2.05, 4.69) is 38.3 Å². The van der Waals surface area contributed by atoms with E-state index in [0.29, 0.717) is 5.92 Å². The summed E-state index contributed by atoms with van der Waals surface area (Å²) in [6, 6.07) is 2.17. The number of aryl methyl sites for hydroxylation is 1. The highest BCUT2D eigenvalue weighted by molar-refractivity contribution is 5.31. The minimum atomic E-state index is -0.420. The van der Waals surface area contributed by atoms with E-state index in [-0.39, 0.29) is 0 Å². The van der Waals surface area contributed by atoms with E-state index >= 15 is 0 Å². The summed E-state index contributed by atoms with van der Waals surface area (Å²) < 4.78 is 2.33. The van der Waals surface area contributed by atoms with E-state index in [1.807, 2.05) is 13.8 Å². The number of hydrogen-bond donors (Lipinski definition) is 1. The van der Waals surface area contributed by atoms with E-state index in [0.717, 1.165) is 6.54 Å². The number of rotatable bonds is 4. The lowest BCUT2D eigenvalue weighted by Crippen LogP contribution is -2.26. The van der Waals surface area contributed by atoms with Crippen molar-refractivity contribution in [1.29, 1.82) is 0 Å².